The molecule has 0 aliphatic carbocycles. The van der Waals surface area contributed by atoms with Gasteiger partial charge in [-0.1, -0.05) is 13.3 Å². The molecule has 1 fully saturated rings. The summed E-state index contributed by atoms with van der Waals surface area (Å²) in [5.74, 6) is 0.389. The molecule has 2 N–H and O–H groups in total. The number of aliphatic hydroxyl groups excluding tert-OH is 1. The summed E-state index contributed by atoms with van der Waals surface area (Å²) in [4.78, 5) is 21.1. The van der Waals surface area contributed by atoms with Crippen molar-refractivity contribution in [1.82, 2.24) is 14.9 Å². The Labute approximate surface area is 114 Å². The van der Waals surface area contributed by atoms with E-state index < -0.39 is 0 Å². The average molecular weight is 265 g/mol. The maximum absolute atomic E-state index is 12.2. The molecule has 0 aromatic carbocycles. The molecule has 2 heterocycles. The van der Waals surface area contributed by atoms with Crippen molar-refractivity contribution >= 4 is 5.91 Å². The molecule has 1 amide bonds. The van der Waals surface area contributed by atoms with E-state index in [9.17, 15) is 9.90 Å². The Morgan fingerprint density at radius 2 is 2.21 bits per heavy atom. The van der Waals surface area contributed by atoms with Crippen LogP contribution in [-0.4, -0.2) is 45.6 Å². The molecule has 1 aromatic rings. The van der Waals surface area contributed by atoms with E-state index in [1.54, 1.807) is 6.20 Å². The highest BCUT2D eigenvalue weighted by molar-refractivity contribution is 5.90. The number of aromatic amines is 1. The molecule has 0 radical (unpaired) electrons. The van der Waals surface area contributed by atoms with Crippen molar-refractivity contribution in [2.75, 3.05) is 19.7 Å². The first kappa shape index (κ1) is 14.1. The minimum absolute atomic E-state index is 0.0185. The number of H-pyrrole nitrogens is 1. The number of aryl methyl sites for hydroxylation is 1. The Balaban J connectivity index is 1.98. The fourth-order valence-corrected chi connectivity index (χ4v) is 2.87. The Kier molecular flexibility index (Phi) is 4.24. The fourth-order valence-electron chi connectivity index (χ4n) is 2.87. The highest BCUT2D eigenvalue weighted by Crippen LogP contribution is 2.35. The second-order valence-electron chi connectivity index (χ2n) is 5.62. The fraction of sp³-hybridized carbons (Fsp3) is 0.714. The van der Waals surface area contributed by atoms with Crippen molar-refractivity contribution in [3.8, 4) is 0 Å². The number of nitrogens with one attached hydrogen (secondary N) is 1. The van der Waals surface area contributed by atoms with E-state index in [4.69, 9.17) is 0 Å². The summed E-state index contributed by atoms with van der Waals surface area (Å²) in [7, 11) is 0. The summed E-state index contributed by atoms with van der Waals surface area (Å²) in [5, 5.41) is 9.60. The van der Waals surface area contributed by atoms with Gasteiger partial charge in [0.2, 0.25) is 0 Å². The lowest BCUT2D eigenvalue weighted by atomic mass is 9.75. The van der Waals surface area contributed by atoms with Crippen LogP contribution in [0.1, 0.15) is 48.9 Å². The van der Waals surface area contributed by atoms with E-state index in [2.05, 4.69) is 16.9 Å². The second kappa shape index (κ2) is 5.74. The number of carbonyl (C=O) groups is 1. The minimum atomic E-state index is -0.0314. The van der Waals surface area contributed by atoms with E-state index in [0.717, 1.165) is 31.4 Å². The molecule has 0 saturated carbocycles. The number of imidazole rings is 1. The van der Waals surface area contributed by atoms with E-state index >= 15 is 0 Å². The van der Waals surface area contributed by atoms with Gasteiger partial charge in [0, 0.05) is 31.6 Å². The van der Waals surface area contributed by atoms with Crippen LogP contribution in [0, 0.1) is 12.3 Å². The van der Waals surface area contributed by atoms with Crippen LogP contribution in [0.3, 0.4) is 0 Å². The van der Waals surface area contributed by atoms with E-state index in [1.165, 1.54) is 0 Å². The molecule has 0 unspecified atom stereocenters. The monoisotopic (exact) mass is 265 g/mol. The molecular formula is C14H23N3O2. The van der Waals surface area contributed by atoms with Crippen molar-refractivity contribution in [3.63, 3.8) is 0 Å². The number of nitrogens with zero attached hydrogens (tertiary/aromatic N) is 2. The number of amides is 1. The lowest BCUT2D eigenvalue weighted by Crippen LogP contribution is -2.45. The Morgan fingerprint density at radius 3 is 2.68 bits per heavy atom. The standard InChI is InChI=1S/C14H23N3O2/c1-3-4-14(10-18)5-7-17(8-6-14)13(19)12-15-9-11(2)16-12/h9,18H,3-8,10H2,1-2H3,(H,15,16). The normalized spacial score (nSPS) is 18.6. The highest BCUT2D eigenvalue weighted by Gasteiger charge is 2.35. The molecule has 0 spiro atoms. The van der Waals surface area contributed by atoms with Crippen molar-refractivity contribution in [3.05, 3.63) is 17.7 Å². The number of carbonyl (C=O) groups excluding carboxylic acids is 1. The van der Waals surface area contributed by atoms with Crippen molar-refractivity contribution in [2.24, 2.45) is 5.41 Å². The maximum atomic E-state index is 12.2. The van der Waals surface area contributed by atoms with Gasteiger partial charge in [-0.3, -0.25) is 4.79 Å². The first-order chi connectivity index (χ1) is 9.10. The molecular weight excluding hydrogens is 242 g/mol. The number of aliphatic hydroxyl groups is 1. The summed E-state index contributed by atoms with van der Waals surface area (Å²) < 4.78 is 0. The zero-order chi connectivity index (χ0) is 13.9. The Bertz CT molecular complexity index is 434. The van der Waals surface area contributed by atoms with Crippen molar-refractivity contribution < 1.29 is 9.90 Å². The molecule has 0 bridgehead atoms. The second-order valence-corrected chi connectivity index (χ2v) is 5.62. The van der Waals surface area contributed by atoms with E-state index in [1.807, 2.05) is 11.8 Å². The number of hydrogen-bond donors (Lipinski definition) is 2. The molecule has 0 atom stereocenters. The smallest absolute Gasteiger partial charge is 0.289 e. The number of rotatable bonds is 4. The van der Waals surface area contributed by atoms with Crippen LogP contribution in [0.5, 0.6) is 0 Å². The van der Waals surface area contributed by atoms with Crippen molar-refractivity contribution in [2.45, 2.75) is 39.5 Å². The van der Waals surface area contributed by atoms with Crippen molar-refractivity contribution in [1.29, 1.82) is 0 Å². The Morgan fingerprint density at radius 1 is 1.53 bits per heavy atom. The number of piperidine rings is 1. The van der Waals surface area contributed by atoms with Crippen LogP contribution in [0.4, 0.5) is 0 Å². The highest BCUT2D eigenvalue weighted by atomic mass is 16.3. The predicted molar refractivity (Wildman–Crippen MR) is 72.9 cm³/mol. The van der Waals surface area contributed by atoms with Crippen LogP contribution in [0.15, 0.2) is 6.20 Å². The van der Waals surface area contributed by atoms with Gasteiger partial charge in [-0.05, 0) is 31.6 Å². The predicted octanol–water partition coefficient (Wildman–Crippen LogP) is 1.73. The molecule has 5 nitrogen and oxygen atoms in total. The molecule has 1 aliphatic rings. The molecule has 106 valence electrons. The number of hydrogen-bond acceptors (Lipinski definition) is 3. The van der Waals surface area contributed by atoms with Gasteiger partial charge in [0.15, 0.2) is 5.82 Å². The van der Waals surface area contributed by atoms with Crippen LogP contribution < -0.4 is 0 Å². The average Bonchev–Trinajstić information content (AvgIpc) is 2.86. The van der Waals surface area contributed by atoms with Crippen LogP contribution in [0.2, 0.25) is 0 Å². The largest absolute Gasteiger partial charge is 0.396 e. The van der Waals surface area contributed by atoms with Gasteiger partial charge >= 0.3 is 0 Å². The zero-order valence-electron chi connectivity index (χ0n) is 11.8. The molecule has 1 aliphatic heterocycles. The van der Waals surface area contributed by atoms with Gasteiger partial charge in [-0.15, -0.1) is 0 Å². The minimum Gasteiger partial charge on any atom is -0.396 e. The molecule has 19 heavy (non-hydrogen) atoms. The van der Waals surface area contributed by atoms with Crippen LogP contribution in [0.25, 0.3) is 0 Å². The van der Waals surface area contributed by atoms with Gasteiger partial charge in [0.05, 0.1) is 0 Å². The number of aromatic nitrogens is 2. The van der Waals surface area contributed by atoms with Gasteiger partial charge in [0.25, 0.3) is 5.91 Å². The lowest BCUT2D eigenvalue weighted by Gasteiger charge is -2.40. The third kappa shape index (κ3) is 2.97. The summed E-state index contributed by atoms with van der Waals surface area (Å²) in [6.45, 7) is 5.67. The van der Waals surface area contributed by atoms with Crippen LogP contribution in [-0.2, 0) is 0 Å². The molecule has 2 rings (SSSR count). The van der Waals surface area contributed by atoms with Gasteiger partial charge < -0.3 is 15.0 Å². The maximum Gasteiger partial charge on any atom is 0.289 e. The zero-order valence-corrected chi connectivity index (χ0v) is 11.8. The first-order valence-electron chi connectivity index (χ1n) is 7.02. The summed E-state index contributed by atoms with van der Waals surface area (Å²) in [6.07, 6.45) is 5.54. The van der Waals surface area contributed by atoms with Gasteiger partial charge in [-0.2, -0.15) is 0 Å². The number of likely N-dealkylation sites (tertiary alicyclic amines) is 1. The lowest BCUT2D eigenvalue weighted by molar-refractivity contribution is 0.0303. The van der Waals surface area contributed by atoms with Gasteiger partial charge in [-0.25, -0.2) is 4.98 Å². The summed E-state index contributed by atoms with van der Waals surface area (Å²) in [5.41, 5.74) is 0.918. The van der Waals surface area contributed by atoms with E-state index in [0.29, 0.717) is 18.9 Å². The molecule has 5 heteroatoms. The quantitative estimate of drug-likeness (QED) is 0.871. The summed E-state index contributed by atoms with van der Waals surface area (Å²) >= 11 is 0. The third-order valence-corrected chi connectivity index (χ3v) is 4.13. The summed E-state index contributed by atoms with van der Waals surface area (Å²) in [6, 6.07) is 0. The van der Waals surface area contributed by atoms with E-state index in [-0.39, 0.29) is 17.9 Å². The van der Waals surface area contributed by atoms with Crippen LogP contribution >= 0.6 is 0 Å². The molecule has 1 saturated heterocycles. The van der Waals surface area contributed by atoms with Gasteiger partial charge in [0.1, 0.15) is 0 Å². The topological polar surface area (TPSA) is 69.2 Å². The Hall–Kier alpha value is -1.36. The third-order valence-electron chi connectivity index (χ3n) is 4.13. The first-order valence-corrected chi connectivity index (χ1v) is 7.02. The molecule has 1 aromatic heterocycles. The SMILES string of the molecule is CCCC1(CO)CCN(C(=O)c2ncc(C)[nH]2)CC1.